The summed E-state index contributed by atoms with van der Waals surface area (Å²) in [6.07, 6.45) is 5.75. The average Bonchev–Trinajstić information content (AvgIpc) is 3.09. The minimum absolute atomic E-state index is 0.00267. The average molecular weight is 700 g/mol. The minimum atomic E-state index is -0.396. The number of carbonyl (C=O) groups is 2. The number of halogens is 2. The Hall–Kier alpha value is -3.97. The summed E-state index contributed by atoms with van der Waals surface area (Å²) < 4.78 is 18.2. The Morgan fingerprint density at radius 2 is 1.85 bits per heavy atom. The molecule has 0 radical (unpaired) electrons. The van der Waals surface area contributed by atoms with Gasteiger partial charge in [-0.3, -0.25) is 19.0 Å². The van der Waals surface area contributed by atoms with E-state index in [2.05, 4.69) is 28.4 Å². The van der Waals surface area contributed by atoms with Crippen molar-refractivity contribution >= 4 is 51.9 Å². The molecule has 4 heterocycles. The molecule has 1 N–H and O–H groups in total. The lowest BCUT2D eigenvalue weighted by molar-refractivity contribution is -0.130. The van der Waals surface area contributed by atoms with Crippen LogP contribution in [0, 0.1) is 5.92 Å². The molecule has 2 fully saturated rings. The van der Waals surface area contributed by atoms with Gasteiger partial charge in [-0.2, -0.15) is 4.98 Å². The predicted molar refractivity (Wildman–Crippen MR) is 186 cm³/mol. The number of fused-ring (bicyclic) bond motifs is 1. The number of nitrogens with one attached hydrogen (secondary N) is 1. The molecule has 2 saturated heterocycles. The number of methoxy groups -OCH3 is 2. The molecule has 0 saturated carbocycles. The van der Waals surface area contributed by atoms with Gasteiger partial charge in [0, 0.05) is 68.5 Å². The number of rotatable bonds is 12. The molecule has 2 aliphatic heterocycles. The quantitative estimate of drug-likeness (QED) is 0.271. The van der Waals surface area contributed by atoms with Crippen molar-refractivity contribution in [2.75, 3.05) is 59.4 Å². The second kappa shape index (κ2) is 15.5. The lowest BCUT2D eigenvalue weighted by Crippen LogP contribution is -2.54. The van der Waals surface area contributed by atoms with Crippen LogP contribution in [0.4, 0.5) is 5.95 Å². The number of anilines is 1. The number of aromatic nitrogens is 3. The normalized spacial score (nSPS) is 19.9. The van der Waals surface area contributed by atoms with Gasteiger partial charge in [-0.05, 0) is 44.0 Å². The number of carbonyl (C=O) groups excluding carboxylic acids is 2. The molecule has 2 aliphatic rings. The highest BCUT2D eigenvalue weighted by atomic mass is 35.5. The van der Waals surface area contributed by atoms with Crippen LogP contribution >= 0.6 is 23.2 Å². The third-order valence-corrected chi connectivity index (χ3v) is 9.75. The number of aryl methyl sites for hydroxylation is 1. The maximum Gasteiger partial charge on any atom is 0.260 e. The smallest absolute Gasteiger partial charge is 0.260 e. The van der Waals surface area contributed by atoms with Crippen LogP contribution in [0.15, 0.2) is 48.4 Å². The van der Waals surface area contributed by atoms with Gasteiger partial charge in [-0.1, -0.05) is 36.4 Å². The molecule has 1 unspecified atom stereocenters. The monoisotopic (exact) mass is 698 g/mol. The van der Waals surface area contributed by atoms with E-state index in [4.69, 9.17) is 42.4 Å². The van der Waals surface area contributed by atoms with E-state index in [-0.39, 0.29) is 74.9 Å². The first-order valence-electron chi connectivity index (χ1n) is 15.7. The number of piperazine rings is 1. The zero-order valence-corrected chi connectivity index (χ0v) is 28.9. The molecule has 0 aliphatic carbocycles. The van der Waals surface area contributed by atoms with Crippen molar-refractivity contribution in [2.45, 2.75) is 37.9 Å². The zero-order valence-electron chi connectivity index (χ0n) is 27.3. The summed E-state index contributed by atoms with van der Waals surface area (Å²) in [5, 5.41) is 4.20. The summed E-state index contributed by atoms with van der Waals surface area (Å²) in [4.78, 5) is 52.8. The predicted octanol–water partition coefficient (Wildman–Crippen LogP) is 4.46. The molecule has 3 atom stereocenters. The Kier molecular flexibility index (Phi) is 11.4. The third-order valence-electron chi connectivity index (χ3n) is 9.00. The highest BCUT2D eigenvalue weighted by molar-refractivity contribution is 6.41. The van der Waals surface area contributed by atoms with E-state index < -0.39 is 5.56 Å². The number of amides is 1. The Balaban J connectivity index is 1.61. The van der Waals surface area contributed by atoms with Crippen molar-refractivity contribution in [3.8, 4) is 22.6 Å². The summed E-state index contributed by atoms with van der Waals surface area (Å²) >= 11 is 13.6. The molecule has 256 valence electrons. The van der Waals surface area contributed by atoms with Crippen LogP contribution in [0.3, 0.4) is 0 Å². The van der Waals surface area contributed by atoms with Crippen LogP contribution in [0.5, 0.6) is 11.5 Å². The first-order chi connectivity index (χ1) is 23.1. The maximum absolute atomic E-state index is 14.5. The van der Waals surface area contributed by atoms with Gasteiger partial charge in [0.15, 0.2) is 5.78 Å². The fourth-order valence-corrected chi connectivity index (χ4v) is 7.08. The first kappa shape index (κ1) is 35.3. The summed E-state index contributed by atoms with van der Waals surface area (Å²) in [7, 11) is 4.93. The van der Waals surface area contributed by atoms with Crippen LogP contribution in [-0.4, -0.2) is 102 Å². The first-order valence-corrected chi connectivity index (χ1v) is 16.5. The SMILES string of the molecule is C=CC(=O)C[C@H]1CCOC[C@H]1Nc1ncc2cc(-c3c(Cl)c(OC)cc(OC)c3Cl)c(=O)n(CCC3CN(C)CCN3C(=O)C=C)c2n1. The summed E-state index contributed by atoms with van der Waals surface area (Å²) in [6.45, 7) is 10.3. The number of hydrogen-bond acceptors (Lipinski definition) is 10. The van der Waals surface area contributed by atoms with Gasteiger partial charge < -0.3 is 29.3 Å². The fourth-order valence-electron chi connectivity index (χ4n) is 6.37. The van der Waals surface area contributed by atoms with E-state index in [1.165, 1.54) is 26.4 Å². The summed E-state index contributed by atoms with van der Waals surface area (Å²) in [5.41, 5.74) is 0.451. The van der Waals surface area contributed by atoms with Crippen molar-refractivity contribution in [1.29, 1.82) is 0 Å². The van der Waals surface area contributed by atoms with Gasteiger partial charge >= 0.3 is 0 Å². The topological polar surface area (TPSA) is 128 Å². The van der Waals surface area contributed by atoms with Crippen LogP contribution in [0.2, 0.25) is 10.0 Å². The van der Waals surface area contributed by atoms with Crippen LogP contribution in [-0.2, 0) is 20.9 Å². The number of nitrogens with zero attached hydrogens (tertiary/aromatic N) is 5. The number of likely N-dealkylation sites (N-methyl/N-ethyl adjacent to an activating group) is 1. The molecule has 1 aromatic carbocycles. The molecule has 0 bridgehead atoms. The number of benzene rings is 1. The van der Waals surface area contributed by atoms with Crippen molar-refractivity contribution in [3.63, 3.8) is 0 Å². The number of ketones is 1. The lowest BCUT2D eigenvalue weighted by atomic mass is 9.90. The molecule has 1 amide bonds. The van der Waals surface area contributed by atoms with Gasteiger partial charge in [-0.15, -0.1) is 0 Å². The Morgan fingerprint density at radius 3 is 2.52 bits per heavy atom. The van der Waals surface area contributed by atoms with E-state index in [0.29, 0.717) is 56.6 Å². The fraction of sp³-hybridized carbons (Fsp3) is 0.441. The van der Waals surface area contributed by atoms with E-state index in [0.717, 1.165) is 6.54 Å². The molecule has 2 aromatic heterocycles. The van der Waals surface area contributed by atoms with Gasteiger partial charge in [0.2, 0.25) is 11.9 Å². The Morgan fingerprint density at radius 1 is 1.12 bits per heavy atom. The highest BCUT2D eigenvalue weighted by Crippen LogP contribution is 2.45. The van der Waals surface area contributed by atoms with Crippen LogP contribution in [0.25, 0.3) is 22.2 Å². The minimum Gasteiger partial charge on any atom is -0.495 e. The molecule has 48 heavy (non-hydrogen) atoms. The van der Waals surface area contributed by atoms with E-state index in [9.17, 15) is 14.4 Å². The lowest BCUT2D eigenvalue weighted by Gasteiger charge is -2.39. The van der Waals surface area contributed by atoms with E-state index in [1.54, 1.807) is 27.8 Å². The number of ether oxygens (including phenoxy) is 3. The van der Waals surface area contributed by atoms with E-state index >= 15 is 0 Å². The third kappa shape index (κ3) is 7.36. The Bertz CT molecular complexity index is 1750. The van der Waals surface area contributed by atoms with Gasteiger partial charge in [0.1, 0.15) is 17.1 Å². The van der Waals surface area contributed by atoms with Gasteiger partial charge in [0.25, 0.3) is 5.56 Å². The van der Waals surface area contributed by atoms with Crippen LogP contribution in [0.1, 0.15) is 19.3 Å². The largest absolute Gasteiger partial charge is 0.495 e. The molecule has 0 spiro atoms. The highest BCUT2D eigenvalue weighted by Gasteiger charge is 2.30. The molecule has 14 heteroatoms. The molecule has 3 aromatic rings. The van der Waals surface area contributed by atoms with Gasteiger partial charge in [-0.25, -0.2) is 4.98 Å². The summed E-state index contributed by atoms with van der Waals surface area (Å²) in [5.74, 6) is 0.662. The standard InChI is InChI=1S/C34H40Cl2N6O6/c1-6-23(43)14-20-9-13-48-19-25(20)38-34-37-17-21-15-24(29-30(35)26(46-4)16-27(47-5)31(29)36)33(45)42(32(21)39-34)10-8-22-18-40(3)11-12-41(22)28(44)7-2/h6-7,15-17,20,22,25H,1-2,8-14,18-19H2,3-5H3,(H,37,38,39)/t20-,22?,25-/m1/s1. The molecule has 12 nitrogen and oxygen atoms in total. The van der Waals surface area contributed by atoms with Crippen molar-refractivity contribution < 1.29 is 23.8 Å². The Labute approximate surface area is 289 Å². The van der Waals surface area contributed by atoms with Crippen molar-refractivity contribution in [2.24, 2.45) is 5.92 Å². The number of pyridine rings is 1. The summed E-state index contributed by atoms with van der Waals surface area (Å²) in [6, 6.07) is 2.81. The number of allylic oxidation sites excluding steroid dienone is 1. The second-order valence-electron chi connectivity index (χ2n) is 12.0. The molecular weight excluding hydrogens is 659 g/mol. The van der Waals surface area contributed by atoms with Crippen LogP contribution < -0.4 is 20.3 Å². The molecular formula is C34H40Cl2N6O6. The van der Waals surface area contributed by atoms with Crippen molar-refractivity contribution in [3.05, 3.63) is 64.0 Å². The molecule has 5 rings (SSSR count). The second-order valence-corrected chi connectivity index (χ2v) is 12.7. The maximum atomic E-state index is 14.5. The van der Waals surface area contributed by atoms with Gasteiger partial charge in [0.05, 0.1) is 42.5 Å². The van der Waals surface area contributed by atoms with E-state index in [1.807, 2.05) is 7.05 Å². The van der Waals surface area contributed by atoms with Crippen molar-refractivity contribution in [1.82, 2.24) is 24.3 Å². The number of hydrogen-bond donors (Lipinski definition) is 1. The zero-order chi connectivity index (χ0) is 34.5.